The van der Waals surface area contributed by atoms with Crippen LogP contribution in [0.25, 0.3) is 10.1 Å². The van der Waals surface area contributed by atoms with E-state index in [1.807, 2.05) is 39.0 Å². The molecule has 0 fully saturated rings. The zero-order valence-corrected chi connectivity index (χ0v) is 15.3. The maximum atomic E-state index is 12.9. The van der Waals surface area contributed by atoms with E-state index in [1.165, 1.54) is 11.3 Å². The van der Waals surface area contributed by atoms with E-state index in [0.29, 0.717) is 11.4 Å². The average Bonchev–Trinajstić information content (AvgIpc) is 2.86. The maximum absolute atomic E-state index is 12.9. The predicted molar refractivity (Wildman–Crippen MR) is 96.1 cm³/mol. The van der Waals surface area contributed by atoms with Crippen LogP contribution in [0.2, 0.25) is 0 Å². The van der Waals surface area contributed by atoms with Crippen molar-refractivity contribution in [3.8, 4) is 5.75 Å². The van der Waals surface area contributed by atoms with Gasteiger partial charge in [-0.3, -0.25) is 9.59 Å². The van der Waals surface area contributed by atoms with Gasteiger partial charge in [0.15, 0.2) is 0 Å². The molecule has 1 aromatic carbocycles. The van der Waals surface area contributed by atoms with Gasteiger partial charge in [-0.25, -0.2) is 0 Å². The quantitative estimate of drug-likeness (QED) is 0.826. The lowest BCUT2D eigenvalue weighted by molar-refractivity contribution is -0.137. The van der Waals surface area contributed by atoms with E-state index in [0.717, 1.165) is 21.4 Å². The molecule has 6 heteroatoms. The van der Waals surface area contributed by atoms with E-state index in [1.54, 1.807) is 12.0 Å². The Morgan fingerprint density at radius 1 is 1.33 bits per heavy atom. The van der Waals surface area contributed by atoms with Crippen LogP contribution in [-0.4, -0.2) is 42.1 Å². The minimum Gasteiger partial charge on any atom is -0.497 e. The molecular formula is C18H23NO4S. The average molecular weight is 349 g/mol. The van der Waals surface area contributed by atoms with Crippen molar-refractivity contribution < 1.29 is 19.4 Å². The van der Waals surface area contributed by atoms with Gasteiger partial charge in [0.1, 0.15) is 5.75 Å². The minimum absolute atomic E-state index is 0.0454. The predicted octanol–water partition coefficient (Wildman–Crippen LogP) is 3.79. The highest BCUT2D eigenvalue weighted by atomic mass is 32.1. The van der Waals surface area contributed by atoms with Crippen LogP contribution in [0.1, 0.15) is 35.5 Å². The number of rotatable bonds is 7. The molecule has 0 bridgehead atoms. The standard InChI is InChI=1S/C18H23NO4S/c1-11(2)10-19(8-7-16(20)21)18(22)17-12(3)14-9-13(23-4)5-6-15(14)24-17/h5-6,9,11H,7-8,10H2,1-4H3,(H,20,21). The van der Waals surface area contributed by atoms with Crippen molar-refractivity contribution in [2.75, 3.05) is 20.2 Å². The van der Waals surface area contributed by atoms with Crippen molar-refractivity contribution in [2.24, 2.45) is 5.92 Å². The van der Waals surface area contributed by atoms with E-state index < -0.39 is 5.97 Å². The number of nitrogens with zero attached hydrogens (tertiary/aromatic N) is 1. The van der Waals surface area contributed by atoms with E-state index in [-0.39, 0.29) is 24.8 Å². The highest BCUT2D eigenvalue weighted by molar-refractivity contribution is 7.21. The molecule has 1 aromatic heterocycles. The van der Waals surface area contributed by atoms with E-state index in [9.17, 15) is 9.59 Å². The third kappa shape index (κ3) is 4.06. The highest BCUT2D eigenvalue weighted by Gasteiger charge is 2.22. The number of benzene rings is 1. The fourth-order valence-corrected chi connectivity index (χ4v) is 3.78. The summed E-state index contributed by atoms with van der Waals surface area (Å²) < 4.78 is 6.28. The lowest BCUT2D eigenvalue weighted by Gasteiger charge is -2.23. The van der Waals surface area contributed by atoms with Crippen molar-refractivity contribution in [3.05, 3.63) is 28.6 Å². The lowest BCUT2D eigenvalue weighted by atomic mass is 10.1. The molecule has 0 spiro atoms. The molecule has 0 aliphatic rings. The molecule has 0 atom stereocenters. The molecule has 0 aliphatic carbocycles. The Balaban J connectivity index is 2.35. The van der Waals surface area contributed by atoms with Crippen LogP contribution in [0.15, 0.2) is 18.2 Å². The van der Waals surface area contributed by atoms with Gasteiger partial charge in [-0.2, -0.15) is 0 Å². The number of ether oxygens (including phenoxy) is 1. The second-order valence-corrected chi connectivity index (χ2v) is 7.26. The molecule has 0 saturated carbocycles. The molecule has 24 heavy (non-hydrogen) atoms. The number of fused-ring (bicyclic) bond motifs is 1. The second-order valence-electron chi connectivity index (χ2n) is 6.21. The first-order valence-electron chi connectivity index (χ1n) is 7.91. The molecule has 0 aliphatic heterocycles. The monoisotopic (exact) mass is 349 g/mol. The molecular weight excluding hydrogens is 326 g/mol. The molecule has 2 rings (SSSR count). The van der Waals surface area contributed by atoms with E-state index in [4.69, 9.17) is 9.84 Å². The summed E-state index contributed by atoms with van der Waals surface area (Å²) in [5, 5.41) is 9.93. The number of thiophene rings is 1. The number of amides is 1. The maximum Gasteiger partial charge on any atom is 0.305 e. The first kappa shape index (κ1) is 18.3. The first-order valence-corrected chi connectivity index (χ1v) is 8.73. The van der Waals surface area contributed by atoms with Crippen LogP contribution in [0.4, 0.5) is 0 Å². The van der Waals surface area contributed by atoms with Gasteiger partial charge in [0.2, 0.25) is 0 Å². The van der Waals surface area contributed by atoms with Crippen LogP contribution >= 0.6 is 11.3 Å². The molecule has 5 nitrogen and oxygen atoms in total. The zero-order chi connectivity index (χ0) is 17.9. The fraction of sp³-hybridized carbons (Fsp3) is 0.444. The summed E-state index contributed by atoms with van der Waals surface area (Å²) >= 11 is 1.45. The number of carboxylic acid groups (broad SMARTS) is 1. The largest absolute Gasteiger partial charge is 0.497 e. The summed E-state index contributed by atoms with van der Waals surface area (Å²) in [4.78, 5) is 26.1. The summed E-state index contributed by atoms with van der Waals surface area (Å²) in [6, 6.07) is 5.76. The van der Waals surface area contributed by atoms with Crippen LogP contribution in [0, 0.1) is 12.8 Å². The number of carbonyl (C=O) groups is 2. The van der Waals surface area contributed by atoms with Crippen LogP contribution in [-0.2, 0) is 4.79 Å². The van der Waals surface area contributed by atoms with Crippen molar-refractivity contribution in [3.63, 3.8) is 0 Å². The van der Waals surface area contributed by atoms with Crippen molar-refractivity contribution in [1.82, 2.24) is 4.90 Å². The zero-order valence-electron chi connectivity index (χ0n) is 14.5. The van der Waals surface area contributed by atoms with Crippen LogP contribution in [0.3, 0.4) is 0 Å². The molecule has 130 valence electrons. The molecule has 1 amide bonds. The van der Waals surface area contributed by atoms with Gasteiger partial charge >= 0.3 is 5.97 Å². The van der Waals surface area contributed by atoms with E-state index in [2.05, 4.69) is 0 Å². The number of aliphatic carboxylic acids is 1. The van der Waals surface area contributed by atoms with Crippen LogP contribution in [0.5, 0.6) is 5.75 Å². The van der Waals surface area contributed by atoms with Gasteiger partial charge in [-0.05, 0) is 42.0 Å². The molecule has 1 N–H and O–H groups in total. The Morgan fingerprint density at radius 3 is 2.62 bits per heavy atom. The SMILES string of the molecule is COc1ccc2sc(C(=O)N(CCC(=O)O)CC(C)C)c(C)c2c1. The van der Waals surface area contributed by atoms with E-state index >= 15 is 0 Å². The topological polar surface area (TPSA) is 66.8 Å². The molecule has 0 unspecified atom stereocenters. The summed E-state index contributed by atoms with van der Waals surface area (Å²) in [5.41, 5.74) is 0.919. The number of hydrogen-bond donors (Lipinski definition) is 1. The number of carbonyl (C=O) groups excluding carboxylic acids is 1. The Labute approximate surface area is 145 Å². The minimum atomic E-state index is -0.894. The van der Waals surface area contributed by atoms with Crippen molar-refractivity contribution in [2.45, 2.75) is 27.2 Å². The normalized spacial score (nSPS) is 11.0. The molecule has 0 radical (unpaired) electrons. The van der Waals surface area contributed by atoms with Gasteiger partial charge in [-0.15, -0.1) is 11.3 Å². The van der Waals surface area contributed by atoms with Gasteiger partial charge in [0, 0.05) is 17.8 Å². The third-order valence-corrected chi connectivity index (χ3v) is 5.07. The van der Waals surface area contributed by atoms with Gasteiger partial charge in [0.25, 0.3) is 5.91 Å². The highest BCUT2D eigenvalue weighted by Crippen LogP contribution is 2.34. The van der Waals surface area contributed by atoms with Gasteiger partial charge in [-0.1, -0.05) is 13.8 Å². The van der Waals surface area contributed by atoms with Crippen LogP contribution < -0.4 is 4.74 Å². The Hall–Kier alpha value is -2.08. The Morgan fingerprint density at radius 2 is 2.04 bits per heavy atom. The third-order valence-electron chi connectivity index (χ3n) is 3.81. The Bertz CT molecular complexity index is 751. The number of methoxy groups -OCH3 is 1. The van der Waals surface area contributed by atoms with Gasteiger partial charge in [0.05, 0.1) is 18.4 Å². The van der Waals surface area contributed by atoms with Gasteiger partial charge < -0.3 is 14.7 Å². The summed E-state index contributed by atoms with van der Waals surface area (Å²) in [5.74, 6) is 0.0433. The lowest BCUT2D eigenvalue weighted by Crippen LogP contribution is -2.35. The Kier molecular flexibility index (Phi) is 5.83. The number of hydrogen-bond acceptors (Lipinski definition) is 4. The molecule has 1 heterocycles. The fourth-order valence-electron chi connectivity index (χ4n) is 2.62. The summed E-state index contributed by atoms with van der Waals surface area (Å²) in [6.45, 7) is 6.73. The molecule has 0 saturated heterocycles. The van der Waals surface area contributed by atoms with Crippen molar-refractivity contribution >= 4 is 33.3 Å². The van der Waals surface area contributed by atoms with Crippen molar-refractivity contribution in [1.29, 1.82) is 0 Å². The second kappa shape index (κ2) is 7.66. The number of carboxylic acids is 1. The molecule has 2 aromatic rings. The summed E-state index contributed by atoms with van der Waals surface area (Å²) in [7, 11) is 1.62. The smallest absolute Gasteiger partial charge is 0.305 e. The summed E-state index contributed by atoms with van der Waals surface area (Å²) in [6.07, 6.45) is -0.0454. The number of aryl methyl sites for hydroxylation is 1. The first-order chi connectivity index (χ1) is 11.3.